The normalized spacial score (nSPS) is 10.7. The Labute approximate surface area is 119 Å². The maximum absolute atomic E-state index is 11.9. The largest absolute Gasteiger partial charge is 0.493 e. The molecule has 0 radical (unpaired) electrons. The van der Waals surface area contributed by atoms with Gasteiger partial charge < -0.3 is 5.11 Å². The van der Waals surface area contributed by atoms with Crippen LogP contribution >= 0.6 is 0 Å². The van der Waals surface area contributed by atoms with Gasteiger partial charge in [-0.05, 0) is 12.1 Å². The summed E-state index contributed by atoms with van der Waals surface area (Å²) in [5, 5.41) is 17.5. The topological polar surface area (TPSA) is 88.9 Å². The second-order valence-electron chi connectivity index (χ2n) is 4.24. The summed E-state index contributed by atoms with van der Waals surface area (Å²) in [5.74, 6) is 1.89. The number of terminal acetylenes is 1. The van der Waals surface area contributed by atoms with Crippen molar-refractivity contribution in [1.29, 1.82) is 0 Å². The van der Waals surface area contributed by atoms with Crippen molar-refractivity contribution < 1.29 is 5.11 Å². The molecule has 1 aromatic carbocycles. The zero-order valence-electron chi connectivity index (χ0n) is 11.4. The number of aromatic nitrogens is 2. The zero-order chi connectivity index (χ0) is 15.6. The van der Waals surface area contributed by atoms with E-state index in [-0.39, 0.29) is 5.69 Å². The maximum Gasteiger partial charge on any atom is 0.333 e. The summed E-state index contributed by atoms with van der Waals surface area (Å²) in [4.78, 5) is 23.5. The average Bonchev–Trinajstić information content (AvgIpc) is 2.51. The third-order valence-corrected chi connectivity index (χ3v) is 2.93. The minimum absolute atomic E-state index is 0.327. The highest BCUT2D eigenvalue weighted by molar-refractivity contribution is 5.54. The van der Waals surface area contributed by atoms with E-state index in [2.05, 4.69) is 16.1 Å². The van der Waals surface area contributed by atoms with E-state index in [1.54, 1.807) is 24.3 Å². The molecule has 0 unspecified atom stereocenters. The smallest absolute Gasteiger partial charge is 0.333 e. The van der Waals surface area contributed by atoms with Gasteiger partial charge in [-0.1, -0.05) is 18.1 Å². The van der Waals surface area contributed by atoms with E-state index < -0.39 is 17.1 Å². The first kappa shape index (κ1) is 14.3. The van der Waals surface area contributed by atoms with E-state index in [9.17, 15) is 14.7 Å². The van der Waals surface area contributed by atoms with Crippen LogP contribution in [-0.2, 0) is 14.1 Å². The van der Waals surface area contributed by atoms with Crippen LogP contribution in [0.3, 0.4) is 0 Å². The highest BCUT2D eigenvalue weighted by Crippen LogP contribution is 2.24. The summed E-state index contributed by atoms with van der Waals surface area (Å²) >= 11 is 0. The lowest BCUT2D eigenvalue weighted by Crippen LogP contribution is -2.36. The summed E-state index contributed by atoms with van der Waals surface area (Å²) in [7, 11) is 2.62. The van der Waals surface area contributed by atoms with Crippen LogP contribution in [0.2, 0.25) is 0 Å². The lowest BCUT2D eigenvalue weighted by atomic mass is 10.2. The summed E-state index contributed by atoms with van der Waals surface area (Å²) in [6, 6.07) is 6.76. The first-order valence-electron chi connectivity index (χ1n) is 5.93. The number of nitrogens with zero attached hydrogens (tertiary/aromatic N) is 4. The molecule has 0 bridgehead atoms. The molecule has 0 aliphatic carbocycles. The van der Waals surface area contributed by atoms with Gasteiger partial charge in [0, 0.05) is 14.1 Å². The van der Waals surface area contributed by atoms with Crippen LogP contribution < -0.4 is 11.2 Å². The molecular formula is C14H12N4O3. The zero-order valence-corrected chi connectivity index (χ0v) is 11.4. The molecule has 0 atom stereocenters. The Morgan fingerprint density at radius 1 is 1.14 bits per heavy atom. The lowest BCUT2D eigenvalue weighted by Gasteiger charge is -2.06. The summed E-state index contributed by atoms with van der Waals surface area (Å²) < 4.78 is 1.74. The second kappa shape index (κ2) is 5.46. The van der Waals surface area contributed by atoms with E-state index in [1.165, 1.54) is 14.1 Å². The van der Waals surface area contributed by atoms with Crippen LogP contribution in [0.1, 0.15) is 5.56 Å². The summed E-state index contributed by atoms with van der Waals surface area (Å²) in [5.41, 5.74) is -0.831. The van der Waals surface area contributed by atoms with Crippen molar-refractivity contribution in [3.05, 3.63) is 50.7 Å². The van der Waals surface area contributed by atoms with Crippen molar-refractivity contribution in [2.24, 2.45) is 24.3 Å². The average molecular weight is 284 g/mol. The monoisotopic (exact) mass is 284 g/mol. The van der Waals surface area contributed by atoms with Crippen LogP contribution in [0.25, 0.3) is 0 Å². The molecule has 0 aliphatic rings. The molecule has 21 heavy (non-hydrogen) atoms. The van der Waals surface area contributed by atoms with E-state index in [1.807, 2.05) is 0 Å². The fraction of sp³-hybridized carbons (Fsp3) is 0.143. The number of rotatable bonds is 2. The number of aromatic hydroxyl groups is 1. The van der Waals surface area contributed by atoms with Crippen LogP contribution in [0, 0.1) is 12.3 Å². The third kappa shape index (κ3) is 2.47. The first-order chi connectivity index (χ1) is 9.97. The lowest BCUT2D eigenvalue weighted by molar-refractivity contribution is 0.413. The minimum Gasteiger partial charge on any atom is -0.493 e. The molecule has 1 aromatic heterocycles. The Kier molecular flexibility index (Phi) is 3.71. The van der Waals surface area contributed by atoms with Gasteiger partial charge in [0.2, 0.25) is 11.6 Å². The van der Waals surface area contributed by atoms with Gasteiger partial charge in [-0.25, -0.2) is 4.79 Å². The molecule has 7 nitrogen and oxygen atoms in total. The van der Waals surface area contributed by atoms with Crippen LogP contribution in [0.4, 0.5) is 11.4 Å². The second-order valence-corrected chi connectivity index (χ2v) is 4.24. The Morgan fingerprint density at radius 3 is 2.48 bits per heavy atom. The highest BCUT2D eigenvalue weighted by Gasteiger charge is 2.14. The van der Waals surface area contributed by atoms with Crippen LogP contribution in [-0.4, -0.2) is 14.2 Å². The van der Waals surface area contributed by atoms with Crippen molar-refractivity contribution in [1.82, 2.24) is 9.13 Å². The Bertz CT molecular complexity index is 885. The molecular weight excluding hydrogens is 272 g/mol. The molecule has 2 aromatic rings. The van der Waals surface area contributed by atoms with E-state index >= 15 is 0 Å². The Morgan fingerprint density at radius 2 is 1.81 bits per heavy atom. The maximum atomic E-state index is 11.9. The molecule has 0 saturated heterocycles. The van der Waals surface area contributed by atoms with Crippen molar-refractivity contribution >= 4 is 11.4 Å². The molecule has 0 saturated carbocycles. The molecule has 7 heteroatoms. The van der Waals surface area contributed by atoms with E-state index in [0.717, 1.165) is 9.13 Å². The standard InChI is InChI=1S/C14H12N4O3/c1-4-9-7-5-6-8-10(9)15-16-11-12(19)17(2)14(21)18(3)13(11)20/h1,5-8,19H,2-3H3. The van der Waals surface area contributed by atoms with Gasteiger partial charge in [-0.2, -0.15) is 0 Å². The predicted octanol–water partition coefficient (Wildman–Crippen LogP) is 1.19. The number of azo groups is 1. The number of hydrogen-bond acceptors (Lipinski definition) is 5. The Balaban J connectivity index is 2.61. The molecule has 106 valence electrons. The molecule has 1 heterocycles. The first-order valence-corrected chi connectivity index (χ1v) is 5.93. The predicted molar refractivity (Wildman–Crippen MR) is 77.1 cm³/mol. The van der Waals surface area contributed by atoms with Crippen LogP contribution in [0.5, 0.6) is 5.88 Å². The van der Waals surface area contributed by atoms with Crippen molar-refractivity contribution in [2.75, 3.05) is 0 Å². The van der Waals surface area contributed by atoms with Gasteiger partial charge in [0.25, 0.3) is 5.56 Å². The molecule has 0 amide bonds. The number of hydrogen-bond donors (Lipinski definition) is 1. The third-order valence-electron chi connectivity index (χ3n) is 2.93. The molecule has 0 aliphatic heterocycles. The van der Waals surface area contributed by atoms with Gasteiger partial charge in [-0.15, -0.1) is 16.7 Å². The van der Waals surface area contributed by atoms with E-state index in [4.69, 9.17) is 6.42 Å². The van der Waals surface area contributed by atoms with Crippen molar-refractivity contribution in [3.8, 4) is 18.2 Å². The van der Waals surface area contributed by atoms with Gasteiger partial charge in [0.05, 0.1) is 5.56 Å². The van der Waals surface area contributed by atoms with Crippen molar-refractivity contribution in [2.45, 2.75) is 0 Å². The molecule has 2 rings (SSSR count). The number of benzene rings is 1. The fourth-order valence-electron chi connectivity index (χ4n) is 1.69. The van der Waals surface area contributed by atoms with Crippen molar-refractivity contribution in [3.63, 3.8) is 0 Å². The fourth-order valence-corrected chi connectivity index (χ4v) is 1.69. The summed E-state index contributed by atoms with van der Waals surface area (Å²) in [6.45, 7) is 0. The molecule has 1 N–H and O–H groups in total. The Hall–Kier alpha value is -3.14. The van der Waals surface area contributed by atoms with Gasteiger partial charge in [-0.3, -0.25) is 13.9 Å². The highest BCUT2D eigenvalue weighted by atomic mass is 16.3. The minimum atomic E-state index is -0.738. The quantitative estimate of drug-likeness (QED) is 0.663. The molecule has 0 spiro atoms. The molecule has 0 fully saturated rings. The van der Waals surface area contributed by atoms with Crippen LogP contribution in [0.15, 0.2) is 44.1 Å². The van der Waals surface area contributed by atoms with Gasteiger partial charge >= 0.3 is 5.69 Å². The van der Waals surface area contributed by atoms with Gasteiger partial charge in [0.1, 0.15) is 5.69 Å². The SMILES string of the molecule is C#Cc1ccccc1N=Nc1c(O)n(C)c(=O)n(C)c1=O. The van der Waals surface area contributed by atoms with Gasteiger partial charge in [0.15, 0.2) is 0 Å². The van der Waals surface area contributed by atoms with E-state index in [0.29, 0.717) is 11.3 Å². The summed E-state index contributed by atoms with van der Waals surface area (Å²) in [6.07, 6.45) is 5.34.